The van der Waals surface area contributed by atoms with Crippen molar-refractivity contribution < 1.29 is 0 Å². The van der Waals surface area contributed by atoms with Crippen molar-refractivity contribution in [1.82, 2.24) is 0 Å². The second-order valence-electron chi connectivity index (χ2n) is 5.81. The van der Waals surface area contributed by atoms with Gasteiger partial charge in [-0.1, -0.05) is 24.3 Å². The van der Waals surface area contributed by atoms with E-state index in [0.29, 0.717) is 0 Å². The third-order valence-electron chi connectivity index (χ3n) is 4.19. The van der Waals surface area contributed by atoms with Gasteiger partial charge in [-0.3, -0.25) is 0 Å². The highest BCUT2D eigenvalue weighted by Crippen LogP contribution is 2.29. The van der Waals surface area contributed by atoms with Crippen molar-refractivity contribution in [3.05, 3.63) is 59.2 Å². The monoisotopic (exact) mass is 266 g/mol. The highest BCUT2D eigenvalue weighted by molar-refractivity contribution is 5.59. The van der Waals surface area contributed by atoms with Crippen molar-refractivity contribution in [1.29, 1.82) is 0 Å². The SMILES string of the molecule is Cc1cc(N(C)C)ccc1CN1CCc2ccccc21. The first-order chi connectivity index (χ1) is 9.65. The molecule has 0 N–H and O–H groups in total. The molecule has 104 valence electrons. The van der Waals surface area contributed by atoms with Crippen LogP contribution < -0.4 is 9.80 Å². The quantitative estimate of drug-likeness (QED) is 0.837. The second-order valence-corrected chi connectivity index (χ2v) is 5.81. The van der Waals surface area contributed by atoms with Gasteiger partial charge in [-0.15, -0.1) is 0 Å². The van der Waals surface area contributed by atoms with Crippen molar-refractivity contribution in [2.75, 3.05) is 30.4 Å². The van der Waals surface area contributed by atoms with Crippen molar-refractivity contribution in [2.45, 2.75) is 19.9 Å². The molecular formula is C18H22N2. The lowest BCUT2D eigenvalue weighted by atomic mass is 10.1. The smallest absolute Gasteiger partial charge is 0.0432 e. The molecule has 2 aromatic rings. The average Bonchev–Trinajstić information content (AvgIpc) is 2.84. The molecule has 0 amide bonds. The topological polar surface area (TPSA) is 6.48 Å². The Kier molecular flexibility index (Phi) is 3.39. The van der Waals surface area contributed by atoms with Crippen LogP contribution in [0.5, 0.6) is 0 Å². The van der Waals surface area contributed by atoms with E-state index >= 15 is 0 Å². The number of aryl methyl sites for hydroxylation is 1. The van der Waals surface area contributed by atoms with Crippen LogP contribution in [0.2, 0.25) is 0 Å². The summed E-state index contributed by atoms with van der Waals surface area (Å²) < 4.78 is 0. The number of hydrogen-bond donors (Lipinski definition) is 0. The van der Waals surface area contributed by atoms with E-state index in [1.807, 2.05) is 0 Å². The summed E-state index contributed by atoms with van der Waals surface area (Å²) in [7, 11) is 4.18. The summed E-state index contributed by atoms with van der Waals surface area (Å²) in [6, 6.07) is 15.5. The van der Waals surface area contributed by atoms with E-state index in [9.17, 15) is 0 Å². The Morgan fingerprint density at radius 1 is 1.10 bits per heavy atom. The van der Waals surface area contributed by atoms with E-state index in [4.69, 9.17) is 0 Å². The summed E-state index contributed by atoms with van der Waals surface area (Å²) >= 11 is 0. The summed E-state index contributed by atoms with van der Waals surface area (Å²) in [5.41, 5.74) is 6.96. The molecule has 0 saturated heterocycles. The fourth-order valence-corrected chi connectivity index (χ4v) is 2.91. The normalized spacial score (nSPS) is 13.4. The number of fused-ring (bicyclic) bond motifs is 1. The fraction of sp³-hybridized carbons (Fsp3) is 0.333. The fourth-order valence-electron chi connectivity index (χ4n) is 2.91. The molecule has 0 spiro atoms. The first kappa shape index (κ1) is 13.0. The maximum absolute atomic E-state index is 2.49. The van der Waals surface area contributed by atoms with Gasteiger partial charge in [0, 0.05) is 38.6 Å². The lowest BCUT2D eigenvalue weighted by Gasteiger charge is -2.22. The van der Waals surface area contributed by atoms with E-state index in [1.54, 1.807) is 0 Å². The lowest BCUT2D eigenvalue weighted by molar-refractivity contribution is 0.831. The van der Waals surface area contributed by atoms with E-state index < -0.39 is 0 Å². The Morgan fingerprint density at radius 2 is 1.90 bits per heavy atom. The third-order valence-corrected chi connectivity index (χ3v) is 4.19. The molecule has 0 unspecified atom stereocenters. The minimum Gasteiger partial charge on any atom is -0.378 e. The van der Waals surface area contributed by atoms with Crippen LogP contribution in [0.3, 0.4) is 0 Å². The van der Waals surface area contributed by atoms with Gasteiger partial charge in [0.2, 0.25) is 0 Å². The Hall–Kier alpha value is -1.96. The number of benzene rings is 2. The maximum Gasteiger partial charge on any atom is 0.0432 e. The standard InChI is InChI=1S/C18H22N2/c1-14-12-17(19(2)3)9-8-16(14)13-20-11-10-15-6-4-5-7-18(15)20/h4-9,12H,10-11,13H2,1-3H3. The van der Waals surface area contributed by atoms with Gasteiger partial charge in [-0.05, 0) is 48.2 Å². The first-order valence-corrected chi connectivity index (χ1v) is 7.25. The predicted octanol–water partition coefficient (Wildman–Crippen LogP) is 3.62. The summed E-state index contributed by atoms with van der Waals surface area (Å²) in [4.78, 5) is 4.65. The molecule has 0 aliphatic carbocycles. The highest BCUT2D eigenvalue weighted by atomic mass is 15.1. The van der Waals surface area contributed by atoms with Gasteiger partial charge in [-0.2, -0.15) is 0 Å². The molecule has 0 atom stereocenters. The minimum atomic E-state index is 1.01. The Bertz CT molecular complexity index is 617. The molecule has 1 aliphatic rings. The predicted molar refractivity (Wildman–Crippen MR) is 86.7 cm³/mol. The molecule has 0 saturated carbocycles. The molecular weight excluding hydrogens is 244 g/mol. The third kappa shape index (κ3) is 2.38. The zero-order chi connectivity index (χ0) is 14.1. The zero-order valence-corrected chi connectivity index (χ0v) is 12.6. The Morgan fingerprint density at radius 3 is 2.65 bits per heavy atom. The van der Waals surface area contributed by atoms with Gasteiger partial charge >= 0.3 is 0 Å². The van der Waals surface area contributed by atoms with Crippen LogP contribution >= 0.6 is 0 Å². The number of rotatable bonds is 3. The Balaban J connectivity index is 1.83. The molecule has 0 radical (unpaired) electrons. The zero-order valence-electron chi connectivity index (χ0n) is 12.6. The van der Waals surface area contributed by atoms with Crippen LogP contribution in [-0.2, 0) is 13.0 Å². The first-order valence-electron chi connectivity index (χ1n) is 7.25. The number of para-hydroxylation sites is 1. The largest absolute Gasteiger partial charge is 0.378 e. The van der Waals surface area contributed by atoms with Gasteiger partial charge < -0.3 is 9.80 Å². The minimum absolute atomic E-state index is 1.01. The Labute approximate surface area is 121 Å². The number of hydrogen-bond acceptors (Lipinski definition) is 2. The summed E-state index contributed by atoms with van der Waals surface area (Å²) in [6.07, 6.45) is 1.17. The van der Waals surface area contributed by atoms with E-state index in [2.05, 4.69) is 73.3 Å². The molecule has 1 heterocycles. The average molecular weight is 266 g/mol. The van der Waals surface area contributed by atoms with Crippen molar-refractivity contribution in [3.8, 4) is 0 Å². The molecule has 1 aliphatic heterocycles. The van der Waals surface area contributed by atoms with Gasteiger partial charge in [0.25, 0.3) is 0 Å². The summed E-state index contributed by atoms with van der Waals surface area (Å²) in [5.74, 6) is 0. The van der Waals surface area contributed by atoms with Gasteiger partial charge in [0.1, 0.15) is 0 Å². The molecule has 2 heteroatoms. The van der Waals surface area contributed by atoms with Crippen LogP contribution in [-0.4, -0.2) is 20.6 Å². The van der Waals surface area contributed by atoms with Crippen LogP contribution in [0.1, 0.15) is 16.7 Å². The van der Waals surface area contributed by atoms with E-state index in [0.717, 1.165) is 13.1 Å². The maximum atomic E-state index is 2.49. The van der Waals surface area contributed by atoms with Crippen LogP contribution in [0.4, 0.5) is 11.4 Å². The van der Waals surface area contributed by atoms with E-state index in [1.165, 1.54) is 34.5 Å². The molecule has 3 rings (SSSR count). The molecule has 20 heavy (non-hydrogen) atoms. The van der Waals surface area contributed by atoms with Gasteiger partial charge in [0.15, 0.2) is 0 Å². The molecule has 0 bridgehead atoms. The summed E-state index contributed by atoms with van der Waals surface area (Å²) in [5, 5.41) is 0. The molecule has 2 nitrogen and oxygen atoms in total. The lowest BCUT2D eigenvalue weighted by Crippen LogP contribution is -2.20. The van der Waals surface area contributed by atoms with Gasteiger partial charge in [-0.25, -0.2) is 0 Å². The number of nitrogens with zero attached hydrogens (tertiary/aromatic N) is 2. The molecule has 0 fully saturated rings. The summed E-state index contributed by atoms with van der Waals surface area (Å²) in [6.45, 7) is 4.36. The van der Waals surface area contributed by atoms with Crippen LogP contribution in [0.25, 0.3) is 0 Å². The molecule has 0 aromatic heterocycles. The highest BCUT2D eigenvalue weighted by Gasteiger charge is 2.18. The molecule has 2 aromatic carbocycles. The van der Waals surface area contributed by atoms with Crippen molar-refractivity contribution >= 4 is 11.4 Å². The van der Waals surface area contributed by atoms with Crippen molar-refractivity contribution in [2.24, 2.45) is 0 Å². The van der Waals surface area contributed by atoms with E-state index in [-0.39, 0.29) is 0 Å². The van der Waals surface area contributed by atoms with Crippen molar-refractivity contribution in [3.63, 3.8) is 0 Å². The van der Waals surface area contributed by atoms with Crippen LogP contribution in [0.15, 0.2) is 42.5 Å². The second kappa shape index (κ2) is 5.20. The van der Waals surface area contributed by atoms with Crippen LogP contribution in [0, 0.1) is 6.92 Å². The van der Waals surface area contributed by atoms with Gasteiger partial charge in [0.05, 0.1) is 0 Å². The number of anilines is 2.